The zero-order chi connectivity index (χ0) is 20.4. The van der Waals surface area contributed by atoms with Crippen LogP contribution in [0.25, 0.3) is 10.9 Å². The number of hydrogen-bond donors (Lipinski definition) is 2. The summed E-state index contributed by atoms with van der Waals surface area (Å²) >= 11 is 0. The topological polar surface area (TPSA) is 97.5 Å². The molecule has 3 aromatic rings. The van der Waals surface area contributed by atoms with Gasteiger partial charge in [-0.3, -0.25) is 9.59 Å². The molecule has 3 rings (SSSR count). The molecule has 2 N–H and O–H groups in total. The molecule has 1 heterocycles. The van der Waals surface area contributed by atoms with Crippen LogP contribution in [0.1, 0.15) is 43.7 Å². The van der Waals surface area contributed by atoms with Gasteiger partial charge in [0.15, 0.2) is 5.78 Å². The Kier molecular flexibility index (Phi) is 5.17. The number of benzene rings is 2. The molecule has 0 aliphatic rings. The molecule has 2 aromatic carbocycles. The number of carbonyl (C=O) groups excluding carboxylic acids is 3. The summed E-state index contributed by atoms with van der Waals surface area (Å²) in [7, 11) is 2.75. The number of amides is 1. The van der Waals surface area contributed by atoms with Gasteiger partial charge in [0.2, 0.25) is 0 Å². The van der Waals surface area contributed by atoms with Crippen LogP contribution >= 0.6 is 0 Å². The lowest BCUT2D eigenvalue weighted by molar-refractivity contribution is 0.0600. The number of aromatic nitrogens is 1. The molecule has 1 aromatic heterocycles. The van der Waals surface area contributed by atoms with E-state index in [0.29, 0.717) is 39.2 Å². The molecule has 0 unspecified atom stereocenters. The van der Waals surface area contributed by atoms with Crippen LogP contribution in [-0.2, 0) is 4.74 Å². The third kappa shape index (κ3) is 3.34. The number of fused-ring (bicyclic) bond motifs is 1. The average Bonchev–Trinajstić information content (AvgIpc) is 3.03. The maximum absolute atomic E-state index is 12.8. The number of ketones is 1. The van der Waals surface area contributed by atoms with Crippen molar-refractivity contribution >= 4 is 34.3 Å². The Balaban J connectivity index is 2.16. The zero-order valence-corrected chi connectivity index (χ0v) is 16.0. The van der Waals surface area contributed by atoms with E-state index in [1.54, 1.807) is 37.3 Å². The number of ether oxygens (including phenoxy) is 2. The van der Waals surface area contributed by atoms with E-state index in [4.69, 9.17) is 9.47 Å². The van der Waals surface area contributed by atoms with E-state index in [0.717, 1.165) is 0 Å². The fourth-order valence-corrected chi connectivity index (χ4v) is 3.24. The third-order valence-corrected chi connectivity index (χ3v) is 4.47. The highest BCUT2D eigenvalue weighted by molar-refractivity contribution is 6.16. The van der Waals surface area contributed by atoms with Crippen molar-refractivity contribution in [1.82, 2.24) is 4.98 Å². The first-order valence-electron chi connectivity index (χ1n) is 8.57. The minimum atomic E-state index is -0.567. The second-order valence-electron chi connectivity index (χ2n) is 6.27. The zero-order valence-electron chi connectivity index (χ0n) is 16.0. The van der Waals surface area contributed by atoms with Crippen LogP contribution in [-0.4, -0.2) is 36.9 Å². The van der Waals surface area contributed by atoms with Gasteiger partial charge >= 0.3 is 5.97 Å². The standard InChI is InChI=1S/C21H20N2O5/c1-11-18(12(2)24)15-9-13(21(26)28-4)10-16(19(15)22-11)23-20(25)14-7-5-6-8-17(14)27-3/h5-10,22H,1-4H3,(H,23,25). The van der Waals surface area contributed by atoms with Gasteiger partial charge in [0.05, 0.1) is 36.6 Å². The largest absolute Gasteiger partial charge is 0.496 e. The molecule has 0 spiro atoms. The van der Waals surface area contributed by atoms with E-state index >= 15 is 0 Å². The van der Waals surface area contributed by atoms with Crippen molar-refractivity contribution in [2.24, 2.45) is 0 Å². The normalized spacial score (nSPS) is 10.6. The number of esters is 1. The highest BCUT2D eigenvalue weighted by Crippen LogP contribution is 2.31. The maximum Gasteiger partial charge on any atom is 0.337 e. The Bertz CT molecular complexity index is 1100. The van der Waals surface area contributed by atoms with Crippen molar-refractivity contribution < 1.29 is 23.9 Å². The van der Waals surface area contributed by atoms with Crippen molar-refractivity contribution in [2.45, 2.75) is 13.8 Å². The molecule has 7 nitrogen and oxygen atoms in total. The number of hydrogen-bond acceptors (Lipinski definition) is 5. The summed E-state index contributed by atoms with van der Waals surface area (Å²) in [5.41, 5.74) is 2.61. The van der Waals surface area contributed by atoms with Crippen molar-refractivity contribution in [1.29, 1.82) is 0 Å². The van der Waals surface area contributed by atoms with Gasteiger partial charge in [0.1, 0.15) is 5.75 Å². The molecule has 0 fully saturated rings. The highest BCUT2D eigenvalue weighted by Gasteiger charge is 2.21. The highest BCUT2D eigenvalue weighted by atomic mass is 16.5. The SMILES string of the molecule is COC(=O)c1cc(NC(=O)c2ccccc2OC)c2[nH]c(C)c(C(C)=O)c2c1. The summed E-state index contributed by atoms with van der Waals surface area (Å²) in [6.45, 7) is 3.22. The van der Waals surface area contributed by atoms with E-state index < -0.39 is 11.9 Å². The molecule has 0 radical (unpaired) electrons. The van der Waals surface area contributed by atoms with Gasteiger partial charge < -0.3 is 19.8 Å². The van der Waals surface area contributed by atoms with E-state index in [1.807, 2.05) is 0 Å². The summed E-state index contributed by atoms with van der Waals surface area (Å²) in [6.07, 6.45) is 0. The minimum Gasteiger partial charge on any atom is -0.496 e. The van der Waals surface area contributed by atoms with Gasteiger partial charge in [-0.1, -0.05) is 12.1 Å². The second-order valence-corrected chi connectivity index (χ2v) is 6.27. The second kappa shape index (κ2) is 7.56. The van der Waals surface area contributed by atoms with Crippen LogP contribution in [0, 0.1) is 6.92 Å². The van der Waals surface area contributed by atoms with Gasteiger partial charge in [0, 0.05) is 16.6 Å². The number of anilines is 1. The fourth-order valence-electron chi connectivity index (χ4n) is 3.24. The van der Waals surface area contributed by atoms with Crippen LogP contribution < -0.4 is 10.1 Å². The molecule has 144 valence electrons. The van der Waals surface area contributed by atoms with E-state index in [-0.39, 0.29) is 11.3 Å². The minimum absolute atomic E-state index is 0.146. The average molecular weight is 380 g/mol. The van der Waals surface area contributed by atoms with E-state index in [2.05, 4.69) is 10.3 Å². The molecule has 0 saturated carbocycles. The fraction of sp³-hybridized carbons (Fsp3) is 0.190. The summed E-state index contributed by atoms with van der Waals surface area (Å²) < 4.78 is 10.0. The summed E-state index contributed by atoms with van der Waals surface area (Å²) in [4.78, 5) is 40.1. The quantitative estimate of drug-likeness (QED) is 0.519. The lowest BCUT2D eigenvalue weighted by Crippen LogP contribution is -2.14. The Morgan fingerprint density at radius 1 is 1.07 bits per heavy atom. The van der Waals surface area contributed by atoms with E-state index in [9.17, 15) is 14.4 Å². The number of H-pyrrole nitrogens is 1. The summed E-state index contributed by atoms with van der Waals surface area (Å²) in [5.74, 6) is -0.694. The third-order valence-electron chi connectivity index (χ3n) is 4.47. The van der Waals surface area contributed by atoms with Crippen molar-refractivity contribution in [3.63, 3.8) is 0 Å². The Morgan fingerprint density at radius 3 is 2.43 bits per heavy atom. The van der Waals surface area contributed by atoms with Crippen LogP contribution in [0.3, 0.4) is 0 Å². The molecule has 0 saturated heterocycles. The number of rotatable bonds is 5. The predicted octanol–water partition coefficient (Wildman–Crippen LogP) is 3.73. The van der Waals surface area contributed by atoms with Gasteiger partial charge in [-0.15, -0.1) is 0 Å². The smallest absolute Gasteiger partial charge is 0.337 e. The van der Waals surface area contributed by atoms with Crippen LogP contribution in [0.4, 0.5) is 5.69 Å². The Labute approximate surface area is 161 Å². The molecule has 7 heteroatoms. The predicted molar refractivity (Wildman–Crippen MR) is 105 cm³/mol. The van der Waals surface area contributed by atoms with Crippen LogP contribution in [0.15, 0.2) is 36.4 Å². The molecular formula is C21H20N2O5. The Hall–Kier alpha value is -3.61. The van der Waals surface area contributed by atoms with Crippen molar-refractivity contribution in [3.05, 3.63) is 58.8 Å². The van der Waals surface area contributed by atoms with Crippen molar-refractivity contribution in [2.75, 3.05) is 19.5 Å². The van der Waals surface area contributed by atoms with Gasteiger partial charge in [-0.05, 0) is 38.1 Å². The summed E-state index contributed by atoms with van der Waals surface area (Å²) in [6, 6.07) is 9.91. The first-order chi connectivity index (χ1) is 13.4. The van der Waals surface area contributed by atoms with Gasteiger partial charge in [-0.2, -0.15) is 0 Å². The molecule has 0 aliphatic heterocycles. The van der Waals surface area contributed by atoms with Gasteiger partial charge in [-0.25, -0.2) is 4.79 Å². The number of aromatic amines is 1. The molecule has 0 aliphatic carbocycles. The summed E-state index contributed by atoms with van der Waals surface area (Å²) in [5, 5.41) is 3.35. The molecule has 28 heavy (non-hydrogen) atoms. The monoisotopic (exact) mass is 380 g/mol. The molecule has 0 atom stereocenters. The maximum atomic E-state index is 12.8. The van der Waals surface area contributed by atoms with Crippen molar-refractivity contribution in [3.8, 4) is 5.75 Å². The molecular weight excluding hydrogens is 360 g/mol. The first-order valence-corrected chi connectivity index (χ1v) is 8.57. The first kappa shape index (κ1) is 19.2. The molecule has 1 amide bonds. The van der Waals surface area contributed by atoms with E-state index in [1.165, 1.54) is 27.2 Å². The number of Topliss-reactive ketones (excluding diaryl/α,β-unsaturated/α-hetero) is 1. The van der Waals surface area contributed by atoms with Crippen LogP contribution in [0.5, 0.6) is 5.75 Å². The number of aryl methyl sites for hydroxylation is 1. The number of carbonyl (C=O) groups is 3. The lowest BCUT2D eigenvalue weighted by Gasteiger charge is -2.11. The van der Waals surface area contributed by atoms with Gasteiger partial charge in [0.25, 0.3) is 5.91 Å². The number of para-hydroxylation sites is 1. The number of methoxy groups -OCH3 is 2. The number of nitrogens with one attached hydrogen (secondary N) is 2. The lowest BCUT2D eigenvalue weighted by atomic mass is 10.0. The molecule has 0 bridgehead atoms. The Morgan fingerprint density at radius 2 is 1.79 bits per heavy atom. The van der Waals surface area contributed by atoms with Crippen LogP contribution in [0.2, 0.25) is 0 Å².